The number of amides is 1. The molecule has 2 heterocycles. The van der Waals surface area contributed by atoms with Crippen molar-refractivity contribution in [3.05, 3.63) is 57.6 Å². The fraction of sp³-hybridized carbons (Fsp3) is 0.429. The largest absolute Gasteiger partial charge is 0.424 e. The fourth-order valence-electron chi connectivity index (χ4n) is 3.54. The van der Waals surface area contributed by atoms with Crippen molar-refractivity contribution in [1.82, 2.24) is 9.55 Å². The zero-order valence-corrected chi connectivity index (χ0v) is 18.2. The van der Waals surface area contributed by atoms with Gasteiger partial charge in [0.15, 0.2) is 6.23 Å². The lowest BCUT2D eigenvalue weighted by atomic mass is 9.96. The molecule has 0 radical (unpaired) electrons. The van der Waals surface area contributed by atoms with E-state index in [0.29, 0.717) is 5.56 Å². The molecule has 33 heavy (non-hydrogen) atoms. The van der Waals surface area contributed by atoms with Gasteiger partial charge in [-0.2, -0.15) is 4.98 Å². The summed E-state index contributed by atoms with van der Waals surface area (Å²) in [5, 5.41) is 32.0. The van der Waals surface area contributed by atoms with E-state index in [9.17, 15) is 29.7 Å². The summed E-state index contributed by atoms with van der Waals surface area (Å²) >= 11 is 0. The van der Waals surface area contributed by atoms with Crippen molar-refractivity contribution in [2.45, 2.75) is 44.8 Å². The third kappa shape index (κ3) is 5.03. The number of nitrogens with zero attached hydrogens (tertiary/aromatic N) is 2. The maximum Gasteiger partial charge on any atom is 0.415 e. The minimum atomic E-state index is -1.87. The predicted octanol–water partition coefficient (Wildman–Crippen LogP) is 0.225. The van der Waals surface area contributed by atoms with E-state index in [1.807, 2.05) is 0 Å². The molecule has 1 aliphatic heterocycles. The molecule has 3 rings (SSSR count). The minimum absolute atomic E-state index is 0.167. The Balaban J connectivity index is 1.58. The van der Waals surface area contributed by atoms with Gasteiger partial charge < -0.3 is 29.5 Å². The van der Waals surface area contributed by atoms with Crippen LogP contribution in [0, 0.1) is 13.8 Å². The van der Waals surface area contributed by atoms with E-state index < -0.39 is 55.2 Å². The fourth-order valence-corrected chi connectivity index (χ4v) is 3.54. The number of hydrogen-bond acceptors (Lipinski definition) is 10. The van der Waals surface area contributed by atoms with Gasteiger partial charge in [0.1, 0.15) is 23.6 Å². The molecule has 0 spiro atoms. The van der Waals surface area contributed by atoms with Gasteiger partial charge in [-0.1, -0.05) is 18.2 Å². The molecule has 1 fully saturated rings. The maximum absolute atomic E-state index is 12.4. The Hall–Kier alpha value is -3.32. The third-order valence-corrected chi connectivity index (χ3v) is 5.31. The Bertz CT molecular complexity index is 1080. The van der Waals surface area contributed by atoms with E-state index in [1.54, 1.807) is 32.0 Å². The molecule has 1 aromatic heterocycles. The molecule has 1 aromatic carbocycles. The van der Waals surface area contributed by atoms with Crippen molar-refractivity contribution in [3.63, 3.8) is 0 Å². The average Bonchev–Trinajstić information content (AvgIpc) is 2.97. The molecule has 0 unspecified atom stereocenters. The van der Waals surface area contributed by atoms with Gasteiger partial charge in [0.2, 0.25) is 6.79 Å². The number of aliphatic hydroxyl groups excluding tert-OH is 2. The van der Waals surface area contributed by atoms with Crippen molar-refractivity contribution < 1.29 is 39.1 Å². The van der Waals surface area contributed by atoms with Gasteiger partial charge >= 0.3 is 17.8 Å². The number of benzene rings is 1. The van der Waals surface area contributed by atoms with Crippen LogP contribution in [0.1, 0.15) is 34.6 Å². The molecule has 0 saturated carbocycles. The van der Waals surface area contributed by atoms with Crippen molar-refractivity contribution >= 4 is 17.9 Å². The van der Waals surface area contributed by atoms with E-state index in [-0.39, 0.29) is 5.82 Å². The third-order valence-electron chi connectivity index (χ3n) is 5.31. The predicted molar refractivity (Wildman–Crippen MR) is 112 cm³/mol. The normalized spacial score (nSPS) is 24.4. The van der Waals surface area contributed by atoms with Crippen LogP contribution in [0.3, 0.4) is 0 Å². The van der Waals surface area contributed by atoms with Crippen molar-refractivity contribution in [2.75, 3.05) is 18.7 Å². The van der Waals surface area contributed by atoms with Gasteiger partial charge in [-0.05, 0) is 38.0 Å². The highest BCUT2D eigenvalue weighted by Crippen LogP contribution is 2.37. The lowest BCUT2D eigenvalue weighted by Gasteiger charge is -2.27. The summed E-state index contributed by atoms with van der Waals surface area (Å²) in [4.78, 5) is 40.2. The van der Waals surface area contributed by atoms with Gasteiger partial charge in [0.05, 0.1) is 12.2 Å². The number of rotatable bonds is 6. The zero-order valence-electron chi connectivity index (χ0n) is 18.2. The van der Waals surface area contributed by atoms with Gasteiger partial charge in [-0.25, -0.2) is 14.4 Å². The van der Waals surface area contributed by atoms with E-state index in [2.05, 4.69) is 10.3 Å². The van der Waals surface area contributed by atoms with Crippen molar-refractivity contribution in [3.8, 4) is 0 Å². The highest BCUT2D eigenvalue weighted by molar-refractivity contribution is 5.92. The number of aliphatic hydroxyl groups is 3. The van der Waals surface area contributed by atoms with E-state index in [1.165, 1.54) is 19.2 Å². The molecule has 1 saturated heterocycles. The number of anilines is 1. The van der Waals surface area contributed by atoms with E-state index in [0.717, 1.165) is 15.7 Å². The molecule has 4 N–H and O–H groups in total. The number of esters is 1. The Morgan fingerprint density at radius 3 is 2.48 bits per heavy atom. The van der Waals surface area contributed by atoms with Gasteiger partial charge in [-0.3, -0.25) is 9.88 Å². The highest BCUT2D eigenvalue weighted by Gasteiger charge is 2.53. The van der Waals surface area contributed by atoms with Gasteiger partial charge in [0.25, 0.3) is 0 Å². The first-order chi connectivity index (χ1) is 15.6. The Morgan fingerprint density at radius 1 is 1.24 bits per heavy atom. The van der Waals surface area contributed by atoms with Crippen LogP contribution in [0.25, 0.3) is 0 Å². The van der Waals surface area contributed by atoms with Crippen LogP contribution < -0.4 is 11.0 Å². The molecule has 2 aromatic rings. The first-order valence-electron chi connectivity index (χ1n) is 9.99. The Morgan fingerprint density at radius 2 is 1.91 bits per heavy atom. The van der Waals surface area contributed by atoms with Crippen molar-refractivity contribution in [2.24, 2.45) is 0 Å². The van der Waals surface area contributed by atoms with E-state index in [4.69, 9.17) is 14.2 Å². The standard InChI is InChI=1S/C21H25N3O9/c1-11-5-4-6-12(2)15(11)17(27)31-10-32-20(29)23-14-7-8-24(19(28)22-14)18-21(3,30)16(26)13(9-25)33-18/h4-8,13,16,18,25-26,30H,9-10H2,1-3H3,(H,22,23,28,29)/t13-,16-,18-,21-/m1/s1. The van der Waals surface area contributed by atoms with Gasteiger partial charge in [-0.15, -0.1) is 0 Å². The molecule has 4 atom stereocenters. The summed E-state index contributed by atoms with van der Waals surface area (Å²) < 4.78 is 16.0. The summed E-state index contributed by atoms with van der Waals surface area (Å²) in [6.45, 7) is 3.55. The number of ether oxygens (including phenoxy) is 3. The molecular weight excluding hydrogens is 438 g/mol. The van der Waals surface area contributed by atoms with Crippen LogP contribution in [0.5, 0.6) is 0 Å². The number of aryl methyl sites for hydroxylation is 2. The van der Waals surface area contributed by atoms with Crippen LogP contribution in [-0.2, 0) is 14.2 Å². The second kappa shape index (κ2) is 9.67. The minimum Gasteiger partial charge on any atom is -0.424 e. The number of aromatic nitrogens is 2. The highest BCUT2D eigenvalue weighted by atomic mass is 16.7. The zero-order chi connectivity index (χ0) is 24.3. The van der Waals surface area contributed by atoms with Crippen LogP contribution in [0.4, 0.5) is 10.6 Å². The molecule has 178 valence electrons. The van der Waals surface area contributed by atoms with Crippen molar-refractivity contribution in [1.29, 1.82) is 0 Å². The first-order valence-corrected chi connectivity index (χ1v) is 9.99. The SMILES string of the molecule is Cc1cccc(C)c1C(=O)OCOC(=O)Nc1ccn([C@@H]2O[C@H](CO)[C@@H](O)[C@@]2(C)O)c(=O)n1. The van der Waals surface area contributed by atoms with Gasteiger partial charge in [0, 0.05) is 6.20 Å². The topological polar surface area (TPSA) is 169 Å². The average molecular weight is 463 g/mol. The first kappa shape index (κ1) is 24.3. The Labute approximate surface area is 188 Å². The molecule has 12 heteroatoms. The summed E-state index contributed by atoms with van der Waals surface area (Å²) in [6.07, 6.45) is -3.66. The maximum atomic E-state index is 12.4. The molecule has 12 nitrogen and oxygen atoms in total. The summed E-state index contributed by atoms with van der Waals surface area (Å²) in [5.41, 5.74) is -0.947. The number of carbonyl (C=O) groups is 2. The summed E-state index contributed by atoms with van der Waals surface area (Å²) in [5.74, 6) is -0.815. The molecule has 1 aliphatic rings. The molecular formula is C21H25N3O9. The summed E-state index contributed by atoms with van der Waals surface area (Å²) in [7, 11) is 0. The van der Waals surface area contributed by atoms with Crippen LogP contribution in [0.15, 0.2) is 35.3 Å². The number of carbonyl (C=O) groups excluding carboxylic acids is 2. The Kier molecular flexibility index (Phi) is 7.12. The quantitative estimate of drug-likeness (QED) is 0.343. The van der Waals surface area contributed by atoms with Crippen LogP contribution >= 0.6 is 0 Å². The monoisotopic (exact) mass is 463 g/mol. The van der Waals surface area contributed by atoms with Crippen LogP contribution in [0.2, 0.25) is 0 Å². The smallest absolute Gasteiger partial charge is 0.415 e. The molecule has 1 amide bonds. The van der Waals surface area contributed by atoms with E-state index >= 15 is 0 Å². The number of nitrogens with one attached hydrogen (secondary N) is 1. The lowest BCUT2D eigenvalue weighted by Crippen LogP contribution is -2.46. The number of hydrogen-bond donors (Lipinski definition) is 4. The second-order valence-corrected chi connectivity index (χ2v) is 7.76. The second-order valence-electron chi connectivity index (χ2n) is 7.76. The molecule has 0 bridgehead atoms. The lowest BCUT2D eigenvalue weighted by molar-refractivity contribution is -0.0986. The summed E-state index contributed by atoms with van der Waals surface area (Å²) in [6, 6.07) is 6.56. The van der Waals surface area contributed by atoms with Crippen LogP contribution in [-0.4, -0.2) is 68.1 Å². The molecule has 0 aliphatic carbocycles.